The molecule has 0 aliphatic carbocycles. The zero-order valence-electron chi connectivity index (χ0n) is 8.01. The molecule has 2 rings (SSSR count). The summed E-state index contributed by atoms with van der Waals surface area (Å²) in [5, 5.41) is 2.25. The largest absolute Gasteiger partial charge is 0.497 e. The van der Waals surface area contributed by atoms with E-state index in [-0.39, 0.29) is 11.3 Å². The summed E-state index contributed by atoms with van der Waals surface area (Å²) in [5.74, 6) is 0.419. The van der Waals surface area contributed by atoms with Gasteiger partial charge in [-0.1, -0.05) is 0 Å². The van der Waals surface area contributed by atoms with Gasteiger partial charge in [0.25, 0.3) is 0 Å². The highest BCUT2D eigenvalue weighted by atomic mass is 19.2. The highest BCUT2D eigenvalue weighted by molar-refractivity contribution is 5.58. The Morgan fingerprint density at radius 1 is 1.27 bits per heavy atom. The fraction of sp³-hybridized carbons (Fsp3) is 0.400. The van der Waals surface area contributed by atoms with Gasteiger partial charge in [-0.3, -0.25) is 0 Å². The van der Waals surface area contributed by atoms with Gasteiger partial charge in [-0.15, -0.1) is 0 Å². The van der Waals surface area contributed by atoms with Gasteiger partial charge < -0.3 is 10.1 Å². The molecule has 0 bridgehead atoms. The second kappa shape index (κ2) is 3.64. The summed E-state index contributed by atoms with van der Waals surface area (Å²) in [6, 6.07) is 4.40. The van der Waals surface area contributed by atoms with E-state index in [0.717, 1.165) is 0 Å². The molecule has 0 amide bonds. The van der Waals surface area contributed by atoms with E-state index in [1.165, 1.54) is 19.2 Å². The number of ether oxygens (including phenoxy) is 1. The van der Waals surface area contributed by atoms with Gasteiger partial charge in [0.05, 0.1) is 7.11 Å². The standard InChI is InChI=1S/C10H10F3NO/c1-15-5-2-3-7-6(4-5)8(11)9(12)10(13)14-7/h2-4,8-10,14H,1H3. The van der Waals surface area contributed by atoms with Gasteiger partial charge in [0, 0.05) is 11.3 Å². The predicted molar refractivity (Wildman–Crippen MR) is 50.3 cm³/mol. The first-order chi connectivity index (χ1) is 7.13. The van der Waals surface area contributed by atoms with Gasteiger partial charge in [0.2, 0.25) is 6.30 Å². The fourth-order valence-corrected chi connectivity index (χ4v) is 1.58. The third-order valence-corrected chi connectivity index (χ3v) is 2.41. The van der Waals surface area contributed by atoms with Crippen LogP contribution in [0.25, 0.3) is 0 Å². The molecule has 0 saturated heterocycles. The first kappa shape index (κ1) is 10.1. The van der Waals surface area contributed by atoms with Gasteiger partial charge >= 0.3 is 0 Å². The number of anilines is 1. The van der Waals surface area contributed by atoms with Gasteiger partial charge in [-0.25, -0.2) is 13.2 Å². The predicted octanol–water partition coefficient (Wildman–Crippen LogP) is 2.77. The maximum atomic E-state index is 13.4. The average Bonchev–Trinajstić information content (AvgIpc) is 2.26. The van der Waals surface area contributed by atoms with E-state index < -0.39 is 18.6 Å². The van der Waals surface area contributed by atoms with Crippen molar-refractivity contribution < 1.29 is 17.9 Å². The van der Waals surface area contributed by atoms with Crippen LogP contribution in [0.1, 0.15) is 11.7 Å². The molecule has 1 heterocycles. The maximum absolute atomic E-state index is 13.4. The number of rotatable bonds is 1. The van der Waals surface area contributed by atoms with E-state index in [4.69, 9.17) is 4.74 Å². The number of benzene rings is 1. The monoisotopic (exact) mass is 217 g/mol. The van der Waals surface area contributed by atoms with Crippen LogP contribution in [0.4, 0.5) is 18.9 Å². The lowest BCUT2D eigenvalue weighted by Crippen LogP contribution is -2.34. The zero-order valence-corrected chi connectivity index (χ0v) is 8.01. The van der Waals surface area contributed by atoms with Crippen LogP contribution in [-0.2, 0) is 0 Å². The van der Waals surface area contributed by atoms with Crippen LogP contribution in [0.5, 0.6) is 5.75 Å². The molecule has 15 heavy (non-hydrogen) atoms. The second-order valence-corrected chi connectivity index (χ2v) is 3.35. The molecule has 1 aliphatic heterocycles. The first-order valence-electron chi connectivity index (χ1n) is 4.50. The number of alkyl halides is 3. The number of nitrogens with one attached hydrogen (secondary N) is 1. The molecule has 82 valence electrons. The van der Waals surface area contributed by atoms with Crippen molar-refractivity contribution in [2.45, 2.75) is 18.6 Å². The van der Waals surface area contributed by atoms with E-state index >= 15 is 0 Å². The number of hydrogen-bond acceptors (Lipinski definition) is 2. The van der Waals surface area contributed by atoms with Crippen LogP contribution in [0.2, 0.25) is 0 Å². The Bertz CT molecular complexity index is 372. The van der Waals surface area contributed by atoms with Crippen LogP contribution in [0.3, 0.4) is 0 Å². The molecular weight excluding hydrogens is 207 g/mol. The van der Waals surface area contributed by atoms with Crippen molar-refractivity contribution in [1.29, 1.82) is 0 Å². The Balaban J connectivity index is 2.42. The summed E-state index contributed by atoms with van der Waals surface area (Å²) < 4.78 is 44.3. The topological polar surface area (TPSA) is 21.3 Å². The maximum Gasteiger partial charge on any atom is 0.204 e. The summed E-state index contributed by atoms with van der Waals surface area (Å²) >= 11 is 0. The molecule has 1 aliphatic rings. The fourth-order valence-electron chi connectivity index (χ4n) is 1.58. The summed E-state index contributed by atoms with van der Waals surface area (Å²) in [6.45, 7) is 0. The number of methoxy groups -OCH3 is 1. The zero-order chi connectivity index (χ0) is 11.0. The van der Waals surface area contributed by atoms with E-state index in [0.29, 0.717) is 5.75 Å². The lowest BCUT2D eigenvalue weighted by Gasteiger charge is -2.28. The summed E-state index contributed by atoms with van der Waals surface area (Å²) in [7, 11) is 1.43. The van der Waals surface area contributed by atoms with Gasteiger partial charge in [0.1, 0.15) is 5.75 Å². The molecule has 0 radical (unpaired) electrons. The van der Waals surface area contributed by atoms with Crippen LogP contribution in [-0.4, -0.2) is 19.6 Å². The molecule has 2 nitrogen and oxygen atoms in total. The molecule has 0 fully saturated rings. The molecule has 1 aromatic carbocycles. The third-order valence-electron chi connectivity index (χ3n) is 2.41. The van der Waals surface area contributed by atoms with Crippen molar-refractivity contribution in [1.82, 2.24) is 0 Å². The lowest BCUT2D eigenvalue weighted by molar-refractivity contribution is 0.0885. The minimum atomic E-state index is -2.18. The average molecular weight is 217 g/mol. The highest BCUT2D eigenvalue weighted by Crippen LogP contribution is 2.39. The molecule has 0 saturated carbocycles. The summed E-state index contributed by atoms with van der Waals surface area (Å²) in [6.07, 6.45) is -6.13. The molecule has 1 N–H and O–H groups in total. The second-order valence-electron chi connectivity index (χ2n) is 3.35. The van der Waals surface area contributed by atoms with Crippen molar-refractivity contribution >= 4 is 5.69 Å². The van der Waals surface area contributed by atoms with Crippen molar-refractivity contribution in [3.05, 3.63) is 23.8 Å². The van der Waals surface area contributed by atoms with Gasteiger partial charge in [0.15, 0.2) is 12.3 Å². The van der Waals surface area contributed by atoms with Crippen molar-refractivity contribution in [2.75, 3.05) is 12.4 Å². The highest BCUT2D eigenvalue weighted by Gasteiger charge is 2.37. The van der Waals surface area contributed by atoms with E-state index in [2.05, 4.69) is 5.32 Å². The molecule has 3 atom stereocenters. The lowest BCUT2D eigenvalue weighted by atomic mass is 9.99. The summed E-state index contributed by atoms with van der Waals surface area (Å²) in [4.78, 5) is 0. The van der Waals surface area contributed by atoms with Gasteiger partial charge in [-0.2, -0.15) is 0 Å². The Labute approximate surface area is 85.0 Å². The number of fused-ring (bicyclic) bond motifs is 1. The Morgan fingerprint density at radius 3 is 2.67 bits per heavy atom. The number of hydrogen-bond donors (Lipinski definition) is 1. The molecule has 3 unspecified atom stereocenters. The minimum Gasteiger partial charge on any atom is -0.497 e. The smallest absolute Gasteiger partial charge is 0.204 e. The Morgan fingerprint density at radius 2 is 2.00 bits per heavy atom. The first-order valence-corrected chi connectivity index (χ1v) is 4.50. The Kier molecular flexibility index (Phi) is 2.46. The van der Waals surface area contributed by atoms with Crippen molar-refractivity contribution in [3.8, 4) is 5.75 Å². The van der Waals surface area contributed by atoms with Crippen molar-refractivity contribution in [2.24, 2.45) is 0 Å². The minimum absolute atomic E-state index is 0.0933. The molecule has 0 spiro atoms. The van der Waals surface area contributed by atoms with Gasteiger partial charge in [-0.05, 0) is 18.2 Å². The summed E-state index contributed by atoms with van der Waals surface area (Å²) in [5.41, 5.74) is 0.362. The van der Waals surface area contributed by atoms with Crippen LogP contribution >= 0.6 is 0 Å². The van der Waals surface area contributed by atoms with Crippen LogP contribution < -0.4 is 10.1 Å². The SMILES string of the molecule is COc1ccc2c(c1)C(F)C(F)C(F)N2. The van der Waals surface area contributed by atoms with E-state index in [9.17, 15) is 13.2 Å². The van der Waals surface area contributed by atoms with E-state index in [1.807, 2.05) is 0 Å². The van der Waals surface area contributed by atoms with Crippen molar-refractivity contribution in [3.63, 3.8) is 0 Å². The molecule has 1 aromatic rings. The van der Waals surface area contributed by atoms with E-state index in [1.54, 1.807) is 6.07 Å². The van der Waals surface area contributed by atoms with Crippen LogP contribution in [0, 0.1) is 0 Å². The Hall–Kier alpha value is -1.39. The molecular formula is C10H10F3NO. The normalized spacial score (nSPS) is 29.2. The quantitative estimate of drug-likeness (QED) is 0.730. The van der Waals surface area contributed by atoms with Crippen LogP contribution in [0.15, 0.2) is 18.2 Å². The molecule has 0 aromatic heterocycles. The number of halogens is 3. The molecule has 5 heteroatoms. The third kappa shape index (κ3) is 1.62.